The molecular weight excluding hydrogens is 292 g/mol. The second-order valence-electron chi connectivity index (χ2n) is 5.06. The molecule has 1 N–H and O–H groups in total. The highest BCUT2D eigenvalue weighted by atomic mass is 35.5. The molecule has 0 amide bonds. The average Bonchev–Trinajstić information content (AvgIpc) is 2.45. The van der Waals surface area contributed by atoms with E-state index >= 15 is 0 Å². The van der Waals surface area contributed by atoms with E-state index in [-0.39, 0.29) is 5.56 Å². The van der Waals surface area contributed by atoms with Gasteiger partial charge in [-0.1, -0.05) is 24.6 Å². The van der Waals surface area contributed by atoms with Crippen molar-refractivity contribution in [2.24, 2.45) is 0 Å². The van der Waals surface area contributed by atoms with E-state index in [9.17, 15) is 8.78 Å². The highest BCUT2D eigenvalue weighted by Gasteiger charge is 2.11. The fourth-order valence-electron chi connectivity index (χ4n) is 2.15. The Morgan fingerprint density at radius 1 is 1.10 bits per heavy atom. The van der Waals surface area contributed by atoms with Crippen LogP contribution in [0.15, 0.2) is 30.3 Å². The van der Waals surface area contributed by atoms with E-state index in [1.54, 1.807) is 25.1 Å². The SMILES string of the molecule is CCCNCc1cc(-c2cc(F)c(C)cc2F)ccc1Cl. The lowest BCUT2D eigenvalue weighted by Gasteiger charge is -2.10. The van der Waals surface area contributed by atoms with E-state index in [0.29, 0.717) is 22.7 Å². The van der Waals surface area contributed by atoms with Gasteiger partial charge in [0.1, 0.15) is 11.6 Å². The molecule has 21 heavy (non-hydrogen) atoms. The Hall–Kier alpha value is -1.45. The van der Waals surface area contributed by atoms with E-state index in [2.05, 4.69) is 12.2 Å². The number of aryl methyl sites for hydroxylation is 1. The molecule has 0 aliphatic carbocycles. The number of rotatable bonds is 5. The average molecular weight is 310 g/mol. The highest BCUT2D eigenvalue weighted by molar-refractivity contribution is 6.31. The number of benzene rings is 2. The lowest BCUT2D eigenvalue weighted by Crippen LogP contribution is -2.14. The van der Waals surface area contributed by atoms with Crippen molar-refractivity contribution in [1.29, 1.82) is 0 Å². The molecule has 0 atom stereocenters. The lowest BCUT2D eigenvalue weighted by atomic mass is 10.0. The van der Waals surface area contributed by atoms with Gasteiger partial charge in [0.25, 0.3) is 0 Å². The molecule has 0 aromatic heterocycles. The molecule has 112 valence electrons. The summed E-state index contributed by atoms with van der Waals surface area (Å²) < 4.78 is 27.7. The van der Waals surface area contributed by atoms with Crippen LogP contribution in [-0.4, -0.2) is 6.54 Å². The van der Waals surface area contributed by atoms with E-state index in [0.717, 1.165) is 18.5 Å². The van der Waals surface area contributed by atoms with Gasteiger partial charge >= 0.3 is 0 Å². The van der Waals surface area contributed by atoms with Gasteiger partial charge in [-0.2, -0.15) is 0 Å². The van der Waals surface area contributed by atoms with E-state index in [1.807, 2.05) is 0 Å². The first-order valence-corrected chi connectivity index (χ1v) is 7.36. The first kappa shape index (κ1) is 15.9. The van der Waals surface area contributed by atoms with Gasteiger partial charge < -0.3 is 5.32 Å². The first-order chi connectivity index (χ1) is 10.0. The van der Waals surface area contributed by atoms with Gasteiger partial charge in [0.05, 0.1) is 0 Å². The summed E-state index contributed by atoms with van der Waals surface area (Å²) >= 11 is 6.15. The van der Waals surface area contributed by atoms with Crippen molar-refractivity contribution in [1.82, 2.24) is 5.32 Å². The normalized spacial score (nSPS) is 10.9. The Kier molecular flexibility index (Phi) is 5.32. The smallest absolute Gasteiger partial charge is 0.131 e. The van der Waals surface area contributed by atoms with Crippen molar-refractivity contribution in [3.63, 3.8) is 0 Å². The van der Waals surface area contributed by atoms with Crippen molar-refractivity contribution < 1.29 is 8.78 Å². The van der Waals surface area contributed by atoms with E-state index in [1.165, 1.54) is 12.1 Å². The fraction of sp³-hybridized carbons (Fsp3) is 0.294. The molecule has 1 nitrogen and oxygen atoms in total. The van der Waals surface area contributed by atoms with Gasteiger partial charge in [-0.05, 0) is 60.8 Å². The van der Waals surface area contributed by atoms with Crippen molar-refractivity contribution in [2.75, 3.05) is 6.54 Å². The predicted octanol–water partition coefficient (Wildman–Crippen LogP) is 5.09. The highest BCUT2D eigenvalue weighted by Crippen LogP contribution is 2.29. The zero-order valence-electron chi connectivity index (χ0n) is 12.1. The summed E-state index contributed by atoms with van der Waals surface area (Å²) in [6, 6.07) is 7.68. The third-order valence-corrected chi connectivity index (χ3v) is 3.72. The summed E-state index contributed by atoms with van der Waals surface area (Å²) in [6.07, 6.45) is 1.02. The van der Waals surface area contributed by atoms with Crippen molar-refractivity contribution >= 4 is 11.6 Å². The molecule has 0 aliphatic rings. The molecule has 0 heterocycles. The molecule has 0 saturated carbocycles. The maximum absolute atomic E-state index is 14.0. The fourth-order valence-corrected chi connectivity index (χ4v) is 2.33. The summed E-state index contributed by atoms with van der Waals surface area (Å²) in [5.41, 5.74) is 2.06. The Morgan fingerprint density at radius 3 is 2.57 bits per heavy atom. The molecule has 0 radical (unpaired) electrons. The lowest BCUT2D eigenvalue weighted by molar-refractivity contribution is 0.595. The van der Waals surface area contributed by atoms with Crippen LogP contribution in [0, 0.1) is 18.6 Å². The number of nitrogens with one attached hydrogen (secondary N) is 1. The molecule has 0 saturated heterocycles. The topological polar surface area (TPSA) is 12.0 Å². The third-order valence-electron chi connectivity index (χ3n) is 3.35. The van der Waals surface area contributed by atoms with Crippen LogP contribution in [0.3, 0.4) is 0 Å². The first-order valence-electron chi connectivity index (χ1n) is 6.98. The maximum atomic E-state index is 14.0. The maximum Gasteiger partial charge on any atom is 0.131 e. The van der Waals surface area contributed by atoms with Gasteiger partial charge in [0.15, 0.2) is 0 Å². The third kappa shape index (κ3) is 3.80. The van der Waals surface area contributed by atoms with Crippen LogP contribution in [0.1, 0.15) is 24.5 Å². The number of hydrogen-bond acceptors (Lipinski definition) is 1. The Balaban J connectivity index is 2.36. The predicted molar refractivity (Wildman–Crippen MR) is 83.5 cm³/mol. The van der Waals surface area contributed by atoms with Crippen LogP contribution < -0.4 is 5.32 Å². The van der Waals surface area contributed by atoms with Crippen LogP contribution in [0.4, 0.5) is 8.78 Å². The minimum atomic E-state index is -0.427. The molecule has 0 fully saturated rings. The molecule has 4 heteroatoms. The van der Waals surface area contributed by atoms with Gasteiger partial charge in [0.2, 0.25) is 0 Å². The Labute approximate surface area is 128 Å². The molecule has 2 aromatic rings. The second kappa shape index (κ2) is 7.01. The van der Waals surface area contributed by atoms with Gasteiger partial charge in [-0.25, -0.2) is 8.78 Å². The van der Waals surface area contributed by atoms with Crippen LogP contribution in [0.25, 0.3) is 11.1 Å². The largest absolute Gasteiger partial charge is 0.313 e. The minimum absolute atomic E-state index is 0.256. The summed E-state index contributed by atoms with van der Waals surface area (Å²) in [4.78, 5) is 0. The second-order valence-corrected chi connectivity index (χ2v) is 5.47. The summed E-state index contributed by atoms with van der Waals surface area (Å²) in [5, 5.41) is 3.87. The molecule has 0 spiro atoms. The minimum Gasteiger partial charge on any atom is -0.313 e. The zero-order valence-corrected chi connectivity index (χ0v) is 12.9. The monoisotopic (exact) mass is 309 g/mol. The van der Waals surface area contributed by atoms with Crippen molar-refractivity contribution in [2.45, 2.75) is 26.8 Å². The summed E-state index contributed by atoms with van der Waals surface area (Å²) in [6.45, 7) is 5.12. The Morgan fingerprint density at radius 2 is 1.86 bits per heavy atom. The van der Waals surface area contributed by atoms with Crippen LogP contribution in [0.2, 0.25) is 5.02 Å². The molecule has 0 unspecified atom stereocenters. The number of halogens is 3. The Bertz CT molecular complexity index is 641. The molecule has 2 rings (SSSR count). The van der Waals surface area contributed by atoms with Gasteiger partial charge in [0, 0.05) is 17.1 Å². The molecular formula is C17H18ClF2N. The molecule has 0 aliphatic heterocycles. The van der Waals surface area contributed by atoms with Crippen LogP contribution in [-0.2, 0) is 6.54 Å². The summed E-state index contributed by atoms with van der Waals surface area (Å²) in [5.74, 6) is -0.837. The van der Waals surface area contributed by atoms with E-state index in [4.69, 9.17) is 11.6 Å². The van der Waals surface area contributed by atoms with Crippen LogP contribution >= 0.6 is 11.6 Å². The van der Waals surface area contributed by atoms with Gasteiger partial charge in [-0.15, -0.1) is 0 Å². The summed E-state index contributed by atoms with van der Waals surface area (Å²) in [7, 11) is 0. The quantitative estimate of drug-likeness (QED) is 0.758. The van der Waals surface area contributed by atoms with Crippen molar-refractivity contribution in [3.8, 4) is 11.1 Å². The van der Waals surface area contributed by atoms with E-state index < -0.39 is 11.6 Å². The van der Waals surface area contributed by atoms with Crippen LogP contribution in [0.5, 0.6) is 0 Å². The molecule has 2 aromatic carbocycles. The standard InChI is InChI=1S/C17H18ClF2N/c1-3-6-21-10-13-8-12(4-5-15(13)18)14-9-16(19)11(2)7-17(14)20/h4-5,7-9,21H,3,6,10H2,1-2H3. The number of hydrogen-bond donors (Lipinski definition) is 1. The zero-order chi connectivity index (χ0) is 15.4. The molecule has 0 bridgehead atoms. The van der Waals surface area contributed by atoms with Gasteiger partial charge in [-0.3, -0.25) is 0 Å². The van der Waals surface area contributed by atoms with Crippen molar-refractivity contribution in [3.05, 3.63) is 58.1 Å².